The maximum atomic E-state index is 12.1. The molecule has 5 heteroatoms. The second kappa shape index (κ2) is 10.1. The molecule has 0 saturated heterocycles. The van der Waals surface area contributed by atoms with Gasteiger partial charge in [-0.05, 0) is 31.5 Å². The Balaban J connectivity index is 0.00000324. The Bertz CT molecular complexity index is 385. The minimum atomic E-state index is 0. The van der Waals surface area contributed by atoms with Crippen molar-refractivity contribution in [3.8, 4) is 0 Å². The lowest BCUT2D eigenvalue weighted by Crippen LogP contribution is -2.25. The van der Waals surface area contributed by atoms with Crippen molar-refractivity contribution in [2.45, 2.75) is 36.8 Å². The predicted molar refractivity (Wildman–Crippen MR) is 85.3 cm³/mol. The second-order valence-corrected chi connectivity index (χ2v) is 6.03. The van der Waals surface area contributed by atoms with Gasteiger partial charge in [0.1, 0.15) is 0 Å². The van der Waals surface area contributed by atoms with Gasteiger partial charge in [-0.2, -0.15) is 0 Å². The molecule has 1 amide bonds. The van der Waals surface area contributed by atoms with E-state index in [-0.39, 0.29) is 18.3 Å². The van der Waals surface area contributed by atoms with E-state index in [1.165, 1.54) is 0 Å². The van der Waals surface area contributed by atoms with E-state index in [9.17, 15) is 4.79 Å². The lowest BCUT2D eigenvalue weighted by molar-refractivity contribution is 0.0950. The molecule has 1 rings (SSSR count). The number of halogens is 1. The number of carbonyl (C=O) groups excluding carboxylic acids is 1. The van der Waals surface area contributed by atoms with Crippen LogP contribution < -0.4 is 11.1 Å². The molecule has 3 N–H and O–H groups in total. The first-order valence-corrected chi connectivity index (χ1v) is 7.27. The van der Waals surface area contributed by atoms with Gasteiger partial charge in [-0.15, -0.1) is 24.2 Å². The third-order valence-electron chi connectivity index (χ3n) is 2.41. The zero-order valence-electron chi connectivity index (χ0n) is 11.5. The number of nitrogens with two attached hydrogens (primary N) is 1. The van der Waals surface area contributed by atoms with E-state index < -0.39 is 0 Å². The Kier molecular flexibility index (Phi) is 9.74. The van der Waals surface area contributed by atoms with E-state index in [0.717, 1.165) is 23.3 Å². The summed E-state index contributed by atoms with van der Waals surface area (Å²) in [6.45, 7) is 5.62. The first kappa shape index (κ1) is 18.3. The fourth-order valence-electron chi connectivity index (χ4n) is 1.58. The molecule has 108 valence electrons. The quantitative estimate of drug-likeness (QED) is 0.601. The Morgan fingerprint density at radius 2 is 2.00 bits per heavy atom. The molecule has 0 spiro atoms. The molecule has 0 fully saturated rings. The van der Waals surface area contributed by atoms with E-state index in [1.54, 1.807) is 11.8 Å². The number of nitrogens with one attached hydrogen (secondary N) is 1. The average molecular weight is 303 g/mol. The third kappa shape index (κ3) is 6.85. The number of benzene rings is 1. The van der Waals surface area contributed by atoms with E-state index >= 15 is 0 Å². The van der Waals surface area contributed by atoms with Gasteiger partial charge in [0.15, 0.2) is 0 Å². The minimum Gasteiger partial charge on any atom is -0.352 e. The number of hydrogen-bond donors (Lipinski definition) is 2. The lowest BCUT2D eigenvalue weighted by Gasteiger charge is -2.11. The van der Waals surface area contributed by atoms with E-state index in [4.69, 9.17) is 5.73 Å². The summed E-state index contributed by atoms with van der Waals surface area (Å²) in [5, 5.41) is 3.41. The van der Waals surface area contributed by atoms with Crippen LogP contribution in [0.3, 0.4) is 0 Å². The van der Waals surface area contributed by atoms with Crippen LogP contribution in [0.5, 0.6) is 0 Å². The van der Waals surface area contributed by atoms with Crippen molar-refractivity contribution in [1.29, 1.82) is 0 Å². The summed E-state index contributed by atoms with van der Waals surface area (Å²) in [6, 6.07) is 7.75. The standard InChI is InChI=1S/C14H22N2OS.ClH/c1-11(2)18-13-8-4-3-7-12(13)14(17)16-10-6-5-9-15;/h3-4,7-8,11H,5-6,9-10,15H2,1-2H3,(H,16,17);1H. The molecule has 0 atom stereocenters. The van der Waals surface area contributed by atoms with E-state index in [1.807, 2.05) is 24.3 Å². The van der Waals surface area contributed by atoms with E-state index in [2.05, 4.69) is 19.2 Å². The fraction of sp³-hybridized carbons (Fsp3) is 0.500. The Labute approximate surface area is 126 Å². The molecule has 1 aromatic carbocycles. The molecule has 0 saturated carbocycles. The highest BCUT2D eigenvalue weighted by Crippen LogP contribution is 2.26. The Hall–Kier alpha value is -0.710. The van der Waals surface area contributed by atoms with Crippen LogP contribution in [-0.4, -0.2) is 24.2 Å². The minimum absolute atomic E-state index is 0. The normalized spacial score (nSPS) is 10.1. The van der Waals surface area contributed by atoms with Gasteiger partial charge >= 0.3 is 0 Å². The number of carbonyl (C=O) groups is 1. The van der Waals surface area contributed by atoms with Crippen LogP contribution >= 0.6 is 24.2 Å². The van der Waals surface area contributed by atoms with Crippen LogP contribution in [0.2, 0.25) is 0 Å². The smallest absolute Gasteiger partial charge is 0.252 e. The van der Waals surface area contributed by atoms with Crippen LogP contribution in [0.1, 0.15) is 37.0 Å². The summed E-state index contributed by atoms with van der Waals surface area (Å²) < 4.78 is 0. The number of amides is 1. The highest BCUT2D eigenvalue weighted by Gasteiger charge is 2.11. The van der Waals surface area contributed by atoms with Crippen molar-refractivity contribution in [2.24, 2.45) is 5.73 Å². The second-order valence-electron chi connectivity index (χ2n) is 4.41. The zero-order chi connectivity index (χ0) is 13.4. The predicted octanol–water partition coefficient (Wildman–Crippen LogP) is 3.08. The maximum Gasteiger partial charge on any atom is 0.252 e. The fourth-order valence-corrected chi connectivity index (χ4v) is 2.53. The van der Waals surface area contributed by atoms with Gasteiger partial charge in [-0.3, -0.25) is 4.79 Å². The van der Waals surface area contributed by atoms with Crippen LogP contribution in [0, 0.1) is 0 Å². The highest BCUT2D eigenvalue weighted by atomic mass is 35.5. The van der Waals surface area contributed by atoms with Gasteiger partial charge in [0.05, 0.1) is 5.56 Å². The molecule has 0 aromatic heterocycles. The van der Waals surface area contributed by atoms with Crippen molar-refractivity contribution in [3.05, 3.63) is 29.8 Å². The summed E-state index contributed by atoms with van der Waals surface area (Å²) in [7, 11) is 0. The molecule has 19 heavy (non-hydrogen) atoms. The molecule has 0 aliphatic carbocycles. The average Bonchev–Trinajstić information content (AvgIpc) is 2.34. The first-order valence-electron chi connectivity index (χ1n) is 6.39. The van der Waals surface area contributed by atoms with Gasteiger partial charge in [-0.25, -0.2) is 0 Å². The first-order chi connectivity index (χ1) is 8.65. The SMILES string of the molecule is CC(C)Sc1ccccc1C(=O)NCCCCN.Cl. The van der Waals surface area contributed by atoms with Crippen molar-refractivity contribution >= 4 is 30.1 Å². The van der Waals surface area contributed by atoms with Crippen molar-refractivity contribution in [1.82, 2.24) is 5.32 Å². The van der Waals surface area contributed by atoms with Crippen LogP contribution in [0.25, 0.3) is 0 Å². The lowest BCUT2D eigenvalue weighted by atomic mass is 10.2. The third-order valence-corrected chi connectivity index (χ3v) is 3.49. The monoisotopic (exact) mass is 302 g/mol. The zero-order valence-corrected chi connectivity index (χ0v) is 13.2. The Morgan fingerprint density at radius 1 is 1.32 bits per heavy atom. The topological polar surface area (TPSA) is 55.1 Å². The van der Waals surface area contributed by atoms with Crippen molar-refractivity contribution in [2.75, 3.05) is 13.1 Å². The number of thioether (sulfide) groups is 1. The maximum absolute atomic E-state index is 12.1. The van der Waals surface area contributed by atoms with Gasteiger partial charge in [-0.1, -0.05) is 26.0 Å². The number of unbranched alkanes of at least 4 members (excludes halogenated alkanes) is 1. The molecule has 0 heterocycles. The van der Waals surface area contributed by atoms with Gasteiger partial charge in [0.2, 0.25) is 0 Å². The summed E-state index contributed by atoms with van der Waals surface area (Å²) in [5.41, 5.74) is 6.19. The summed E-state index contributed by atoms with van der Waals surface area (Å²) in [6.07, 6.45) is 1.88. The molecule has 0 radical (unpaired) electrons. The van der Waals surface area contributed by atoms with Crippen LogP contribution in [0.4, 0.5) is 0 Å². The number of hydrogen-bond acceptors (Lipinski definition) is 3. The number of rotatable bonds is 7. The van der Waals surface area contributed by atoms with Crippen LogP contribution in [-0.2, 0) is 0 Å². The summed E-state index contributed by atoms with van der Waals surface area (Å²) in [4.78, 5) is 13.1. The van der Waals surface area contributed by atoms with Gasteiger partial charge < -0.3 is 11.1 Å². The largest absolute Gasteiger partial charge is 0.352 e. The summed E-state index contributed by atoms with van der Waals surface area (Å²) in [5.74, 6) is 0.00997. The molecule has 0 aliphatic rings. The molecular weight excluding hydrogens is 280 g/mol. The molecule has 0 unspecified atom stereocenters. The van der Waals surface area contributed by atoms with Gasteiger partial charge in [0, 0.05) is 16.7 Å². The molecule has 0 aliphatic heterocycles. The van der Waals surface area contributed by atoms with Crippen molar-refractivity contribution < 1.29 is 4.79 Å². The van der Waals surface area contributed by atoms with Gasteiger partial charge in [0.25, 0.3) is 5.91 Å². The van der Waals surface area contributed by atoms with E-state index in [0.29, 0.717) is 18.3 Å². The van der Waals surface area contributed by atoms with Crippen LogP contribution in [0.15, 0.2) is 29.2 Å². The molecule has 3 nitrogen and oxygen atoms in total. The van der Waals surface area contributed by atoms with Crippen molar-refractivity contribution in [3.63, 3.8) is 0 Å². The Morgan fingerprint density at radius 3 is 2.63 bits per heavy atom. The molecule has 1 aromatic rings. The summed E-state index contributed by atoms with van der Waals surface area (Å²) >= 11 is 1.72. The molecular formula is C14H23ClN2OS. The molecule has 0 bridgehead atoms. The highest BCUT2D eigenvalue weighted by molar-refractivity contribution is 8.00.